The summed E-state index contributed by atoms with van der Waals surface area (Å²) in [5.41, 5.74) is 7.29. The Morgan fingerprint density at radius 2 is 1.86 bits per heavy atom. The number of carbonyl (C=O) groups is 1. The molecule has 0 aliphatic heterocycles. The van der Waals surface area contributed by atoms with Crippen molar-refractivity contribution in [2.75, 3.05) is 26.5 Å². The lowest BCUT2D eigenvalue weighted by Crippen LogP contribution is -2.45. The average Bonchev–Trinajstić information content (AvgIpc) is 2.43. The van der Waals surface area contributed by atoms with Gasteiger partial charge in [-0.2, -0.15) is 0 Å². The zero-order valence-corrected chi connectivity index (χ0v) is 14.5. The summed E-state index contributed by atoms with van der Waals surface area (Å²) < 4.78 is 10.5. The maximum atomic E-state index is 12.4. The minimum atomic E-state index is -0.164. The van der Waals surface area contributed by atoms with Crippen LogP contribution in [-0.2, 0) is 11.2 Å². The number of aryl methyl sites for hydroxylation is 1. The Bertz CT molecular complexity index is 521. The molecule has 1 aromatic carbocycles. The Kier molecular flexibility index (Phi) is 6.09. The molecule has 0 fully saturated rings. The normalized spacial score (nSPS) is 11.2. The van der Waals surface area contributed by atoms with E-state index in [0.29, 0.717) is 36.6 Å². The molecule has 5 nitrogen and oxygen atoms in total. The van der Waals surface area contributed by atoms with Crippen LogP contribution in [0.4, 0.5) is 5.69 Å². The fourth-order valence-corrected chi connectivity index (χ4v) is 2.61. The Hall–Kier alpha value is -1.91. The number of amides is 1. The Balaban J connectivity index is 2.84. The van der Waals surface area contributed by atoms with Crippen molar-refractivity contribution in [3.63, 3.8) is 0 Å². The van der Waals surface area contributed by atoms with E-state index in [1.807, 2.05) is 44.7 Å². The monoisotopic (exact) mass is 308 g/mol. The van der Waals surface area contributed by atoms with Crippen LogP contribution >= 0.6 is 0 Å². The highest BCUT2D eigenvalue weighted by Crippen LogP contribution is 2.34. The molecule has 0 bridgehead atoms. The van der Waals surface area contributed by atoms with Gasteiger partial charge in [0.1, 0.15) is 0 Å². The van der Waals surface area contributed by atoms with Gasteiger partial charge in [0, 0.05) is 18.5 Å². The SMILES string of the molecule is CCN(C(=O)CCc1cc(N)c(OC)c(OC)c1)C(C)(C)C. The molecule has 124 valence electrons. The first-order chi connectivity index (χ1) is 10.2. The number of carbonyl (C=O) groups excluding carboxylic acids is 1. The molecule has 0 heterocycles. The molecule has 0 saturated heterocycles. The third-order valence-electron chi connectivity index (χ3n) is 3.62. The highest BCUT2D eigenvalue weighted by Gasteiger charge is 2.24. The van der Waals surface area contributed by atoms with Crippen molar-refractivity contribution in [2.24, 2.45) is 0 Å². The lowest BCUT2D eigenvalue weighted by Gasteiger charge is -2.35. The molecule has 0 saturated carbocycles. The quantitative estimate of drug-likeness (QED) is 0.821. The first-order valence-corrected chi connectivity index (χ1v) is 7.55. The van der Waals surface area contributed by atoms with Crippen molar-refractivity contribution < 1.29 is 14.3 Å². The molecule has 5 heteroatoms. The summed E-state index contributed by atoms with van der Waals surface area (Å²) in [6.45, 7) is 8.84. The van der Waals surface area contributed by atoms with E-state index in [1.165, 1.54) is 0 Å². The van der Waals surface area contributed by atoms with E-state index in [0.717, 1.165) is 5.56 Å². The Morgan fingerprint density at radius 3 is 2.32 bits per heavy atom. The van der Waals surface area contributed by atoms with Crippen LogP contribution in [0.1, 0.15) is 39.7 Å². The summed E-state index contributed by atoms with van der Waals surface area (Å²) >= 11 is 0. The minimum absolute atomic E-state index is 0.142. The number of methoxy groups -OCH3 is 2. The maximum Gasteiger partial charge on any atom is 0.223 e. The van der Waals surface area contributed by atoms with E-state index in [1.54, 1.807) is 14.2 Å². The van der Waals surface area contributed by atoms with Gasteiger partial charge in [-0.3, -0.25) is 4.79 Å². The number of benzene rings is 1. The number of hydrogen-bond acceptors (Lipinski definition) is 4. The smallest absolute Gasteiger partial charge is 0.223 e. The molecule has 0 unspecified atom stereocenters. The van der Waals surface area contributed by atoms with Crippen LogP contribution in [0.2, 0.25) is 0 Å². The Morgan fingerprint density at radius 1 is 1.23 bits per heavy atom. The number of ether oxygens (including phenoxy) is 2. The maximum absolute atomic E-state index is 12.4. The lowest BCUT2D eigenvalue weighted by molar-refractivity contribution is -0.135. The van der Waals surface area contributed by atoms with Crippen molar-refractivity contribution in [1.29, 1.82) is 0 Å². The second kappa shape index (κ2) is 7.38. The number of nitrogen functional groups attached to an aromatic ring is 1. The molecule has 2 N–H and O–H groups in total. The molecule has 1 rings (SSSR count). The standard InChI is InChI=1S/C17H28N2O3/c1-7-19(17(2,3)4)15(20)9-8-12-10-13(18)16(22-6)14(11-12)21-5/h10-11H,7-9,18H2,1-6H3. The second-order valence-corrected chi connectivity index (χ2v) is 6.23. The van der Waals surface area contributed by atoms with E-state index in [-0.39, 0.29) is 11.4 Å². The van der Waals surface area contributed by atoms with Gasteiger partial charge in [0.05, 0.1) is 19.9 Å². The highest BCUT2D eigenvalue weighted by molar-refractivity contribution is 5.77. The predicted octanol–water partition coefficient (Wildman–Crippen LogP) is 2.87. The summed E-state index contributed by atoms with van der Waals surface area (Å²) in [6, 6.07) is 3.71. The Labute approximate surface area is 133 Å². The van der Waals surface area contributed by atoms with Crippen LogP contribution in [0.15, 0.2) is 12.1 Å². The van der Waals surface area contributed by atoms with Crippen LogP contribution in [-0.4, -0.2) is 37.1 Å². The number of nitrogens with two attached hydrogens (primary N) is 1. The van der Waals surface area contributed by atoms with Gasteiger partial charge in [-0.15, -0.1) is 0 Å². The summed E-state index contributed by atoms with van der Waals surface area (Å²) in [7, 11) is 3.13. The van der Waals surface area contributed by atoms with Crippen molar-refractivity contribution in [2.45, 2.75) is 46.1 Å². The third kappa shape index (κ3) is 4.29. The number of anilines is 1. The van der Waals surface area contributed by atoms with Gasteiger partial charge in [-0.1, -0.05) is 0 Å². The summed E-state index contributed by atoms with van der Waals surface area (Å²) in [6.07, 6.45) is 1.07. The van der Waals surface area contributed by atoms with Gasteiger partial charge >= 0.3 is 0 Å². The van der Waals surface area contributed by atoms with Gasteiger partial charge in [0.2, 0.25) is 5.91 Å². The molecule has 0 spiro atoms. The molecular formula is C17H28N2O3. The molecule has 1 aromatic rings. The van der Waals surface area contributed by atoms with Crippen LogP contribution < -0.4 is 15.2 Å². The van der Waals surface area contributed by atoms with Crippen LogP contribution in [0, 0.1) is 0 Å². The van der Waals surface area contributed by atoms with Crippen molar-refractivity contribution in [3.8, 4) is 11.5 Å². The van der Waals surface area contributed by atoms with Crippen LogP contribution in [0.3, 0.4) is 0 Å². The molecule has 1 amide bonds. The molecule has 0 aromatic heterocycles. The van der Waals surface area contributed by atoms with Crippen LogP contribution in [0.25, 0.3) is 0 Å². The number of nitrogens with zero attached hydrogens (tertiary/aromatic N) is 1. The average molecular weight is 308 g/mol. The minimum Gasteiger partial charge on any atom is -0.493 e. The van der Waals surface area contributed by atoms with E-state index < -0.39 is 0 Å². The van der Waals surface area contributed by atoms with Crippen molar-refractivity contribution >= 4 is 11.6 Å². The fourth-order valence-electron chi connectivity index (χ4n) is 2.61. The van der Waals surface area contributed by atoms with Crippen molar-refractivity contribution in [3.05, 3.63) is 17.7 Å². The number of rotatable bonds is 6. The second-order valence-electron chi connectivity index (χ2n) is 6.23. The van der Waals surface area contributed by atoms with Gasteiger partial charge in [0.15, 0.2) is 11.5 Å². The van der Waals surface area contributed by atoms with Gasteiger partial charge in [-0.05, 0) is 51.8 Å². The van der Waals surface area contributed by atoms with E-state index in [4.69, 9.17) is 15.2 Å². The molecule has 0 aliphatic rings. The predicted molar refractivity (Wildman–Crippen MR) is 89.4 cm³/mol. The third-order valence-corrected chi connectivity index (χ3v) is 3.62. The molecule has 0 atom stereocenters. The highest BCUT2D eigenvalue weighted by atomic mass is 16.5. The van der Waals surface area contributed by atoms with Crippen LogP contribution in [0.5, 0.6) is 11.5 Å². The van der Waals surface area contributed by atoms with Crippen molar-refractivity contribution in [1.82, 2.24) is 4.90 Å². The fraction of sp³-hybridized carbons (Fsp3) is 0.588. The summed E-state index contributed by atoms with van der Waals surface area (Å²) in [5, 5.41) is 0. The molecule has 0 aliphatic carbocycles. The summed E-state index contributed by atoms with van der Waals surface area (Å²) in [4.78, 5) is 14.3. The zero-order chi connectivity index (χ0) is 16.9. The topological polar surface area (TPSA) is 64.8 Å². The first-order valence-electron chi connectivity index (χ1n) is 7.55. The first kappa shape index (κ1) is 18.1. The molecule has 22 heavy (non-hydrogen) atoms. The number of hydrogen-bond donors (Lipinski definition) is 1. The van der Waals surface area contributed by atoms with E-state index >= 15 is 0 Å². The largest absolute Gasteiger partial charge is 0.493 e. The van der Waals surface area contributed by atoms with Gasteiger partial charge in [0.25, 0.3) is 0 Å². The van der Waals surface area contributed by atoms with Gasteiger partial charge < -0.3 is 20.1 Å². The molecule has 0 radical (unpaired) electrons. The van der Waals surface area contributed by atoms with E-state index in [2.05, 4.69) is 0 Å². The van der Waals surface area contributed by atoms with E-state index in [9.17, 15) is 4.79 Å². The van der Waals surface area contributed by atoms with Gasteiger partial charge in [-0.25, -0.2) is 0 Å². The summed E-state index contributed by atoms with van der Waals surface area (Å²) in [5.74, 6) is 1.26. The molecular weight excluding hydrogens is 280 g/mol. The zero-order valence-electron chi connectivity index (χ0n) is 14.5. The lowest BCUT2D eigenvalue weighted by atomic mass is 10.0.